The van der Waals surface area contributed by atoms with E-state index >= 15 is 0 Å². The molecular formula is C12H18BrN3O2. The van der Waals surface area contributed by atoms with E-state index in [1.165, 1.54) is 0 Å². The van der Waals surface area contributed by atoms with Gasteiger partial charge in [0.2, 0.25) is 11.8 Å². The van der Waals surface area contributed by atoms with Crippen LogP contribution in [0, 0.1) is 0 Å². The fraction of sp³-hybridized carbons (Fsp3) is 0.667. The van der Waals surface area contributed by atoms with E-state index in [4.69, 9.17) is 9.47 Å². The van der Waals surface area contributed by atoms with Crippen molar-refractivity contribution in [3.63, 3.8) is 0 Å². The van der Waals surface area contributed by atoms with Crippen molar-refractivity contribution in [3.05, 3.63) is 10.7 Å². The second-order valence-corrected chi connectivity index (χ2v) is 5.56. The smallest absolute Gasteiger partial charge is 0.232 e. The minimum absolute atomic E-state index is 0.123. The third kappa shape index (κ3) is 2.75. The molecule has 0 saturated carbocycles. The first-order valence-corrected chi connectivity index (χ1v) is 6.74. The van der Waals surface area contributed by atoms with Gasteiger partial charge in [0.1, 0.15) is 0 Å². The normalized spacial score (nSPS) is 24.1. The van der Waals surface area contributed by atoms with Crippen LogP contribution in [0.5, 0.6) is 5.88 Å². The Morgan fingerprint density at radius 1 is 1.44 bits per heavy atom. The molecule has 0 radical (unpaired) electrons. The first kappa shape index (κ1) is 13.5. The van der Waals surface area contributed by atoms with Crippen molar-refractivity contribution in [2.24, 2.45) is 0 Å². The Morgan fingerprint density at radius 3 is 2.89 bits per heavy atom. The van der Waals surface area contributed by atoms with Crippen LogP contribution in [0.4, 0.5) is 5.95 Å². The van der Waals surface area contributed by atoms with Gasteiger partial charge in [-0.15, -0.1) is 0 Å². The average molecular weight is 316 g/mol. The maximum atomic E-state index is 5.57. The van der Waals surface area contributed by atoms with E-state index in [1.807, 2.05) is 0 Å². The van der Waals surface area contributed by atoms with Crippen LogP contribution >= 0.6 is 15.9 Å². The summed E-state index contributed by atoms with van der Waals surface area (Å²) in [6.07, 6.45) is 3.86. The highest BCUT2D eigenvalue weighted by Crippen LogP contribution is 2.28. The fourth-order valence-electron chi connectivity index (χ4n) is 2.18. The fourth-order valence-corrected chi connectivity index (χ4v) is 2.53. The van der Waals surface area contributed by atoms with E-state index in [1.54, 1.807) is 20.4 Å². The van der Waals surface area contributed by atoms with E-state index in [2.05, 4.69) is 37.7 Å². The Bertz CT molecular complexity index is 430. The van der Waals surface area contributed by atoms with E-state index in [-0.39, 0.29) is 5.60 Å². The second kappa shape index (κ2) is 5.40. The van der Waals surface area contributed by atoms with Gasteiger partial charge in [0.05, 0.1) is 23.4 Å². The molecule has 18 heavy (non-hydrogen) atoms. The summed E-state index contributed by atoms with van der Waals surface area (Å²) in [7, 11) is 3.36. The SMILES string of the molecule is COc1nc(N2CCCC(C)(OC)C2)ncc1Br. The molecule has 2 rings (SSSR count). The number of nitrogens with zero attached hydrogens (tertiary/aromatic N) is 3. The standard InChI is InChI=1S/C12H18BrN3O2/c1-12(18-3)5-4-6-16(8-12)11-14-7-9(13)10(15-11)17-2/h7H,4-6,8H2,1-3H3. The van der Waals surface area contributed by atoms with Crippen LogP contribution in [0.1, 0.15) is 19.8 Å². The molecule has 0 N–H and O–H groups in total. The lowest BCUT2D eigenvalue weighted by Crippen LogP contribution is -2.48. The Balaban J connectivity index is 2.21. The summed E-state index contributed by atoms with van der Waals surface area (Å²) < 4.78 is 11.5. The predicted octanol–water partition coefficient (Wildman–Crippen LogP) is 2.25. The van der Waals surface area contributed by atoms with Crippen molar-refractivity contribution in [2.45, 2.75) is 25.4 Å². The summed E-state index contributed by atoms with van der Waals surface area (Å²) in [6, 6.07) is 0. The van der Waals surface area contributed by atoms with Crippen LogP contribution in [0.15, 0.2) is 10.7 Å². The molecule has 1 aliphatic rings. The Labute approximate surface area is 116 Å². The van der Waals surface area contributed by atoms with Crippen LogP contribution in [0.25, 0.3) is 0 Å². The zero-order valence-corrected chi connectivity index (χ0v) is 12.5. The number of rotatable bonds is 3. The van der Waals surface area contributed by atoms with Gasteiger partial charge in [-0.05, 0) is 35.7 Å². The molecule has 2 heterocycles. The van der Waals surface area contributed by atoms with Gasteiger partial charge >= 0.3 is 0 Å². The highest BCUT2D eigenvalue weighted by molar-refractivity contribution is 9.10. The van der Waals surface area contributed by atoms with Crippen molar-refractivity contribution in [1.82, 2.24) is 9.97 Å². The van der Waals surface area contributed by atoms with Crippen molar-refractivity contribution >= 4 is 21.9 Å². The van der Waals surface area contributed by atoms with E-state index in [0.717, 1.165) is 30.4 Å². The number of halogens is 1. The van der Waals surface area contributed by atoms with Crippen LogP contribution < -0.4 is 9.64 Å². The van der Waals surface area contributed by atoms with Crippen LogP contribution in [-0.4, -0.2) is 42.9 Å². The topological polar surface area (TPSA) is 47.5 Å². The van der Waals surface area contributed by atoms with Crippen LogP contribution in [-0.2, 0) is 4.74 Å². The maximum Gasteiger partial charge on any atom is 0.232 e. The molecule has 0 amide bonds. The second-order valence-electron chi connectivity index (χ2n) is 4.71. The number of hydrogen-bond donors (Lipinski definition) is 0. The molecule has 1 fully saturated rings. The summed E-state index contributed by atoms with van der Waals surface area (Å²) in [6.45, 7) is 3.87. The molecule has 1 atom stereocenters. The molecule has 1 unspecified atom stereocenters. The third-order valence-corrected chi connectivity index (χ3v) is 3.87. The quantitative estimate of drug-likeness (QED) is 0.856. The van der Waals surface area contributed by atoms with Crippen molar-refractivity contribution in [3.8, 4) is 5.88 Å². The molecule has 0 bridgehead atoms. The molecule has 1 saturated heterocycles. The lowest BCUT2D eigenvalue weighted by atomic mass is 9.95. The summed E-state index contributed by atoms with van der Waals surface area (Å²) in [5.41, 5.74) is -0.123. The molecule has 1 aromatic heterocycles. The average Bonchev–Trinajstić information content (AvgIpc) is 2.39. The van der Waals surface area contributed by atoms with Crippen molar-refractivity contribution < 1.29 is 9.47 Å². The van der Waals surface area contributed by atoms with Crippen molar-refractivity contribution in [2.75, 3.05) is 32.2 Å². The number of methoxy groups -OCH3 is 2. The first-order valence-electron chi connectivity index (χ1n) is 5.94. The number of aromatic nitrogens is 2. The molecule has 6 heteroatoms. The van der Waals surface area contributed by atoms with Gasteiger partial charge in [-0.3, -0.25) is 0 Å². The highest BCUT2D eigenvalue weighted by Gasteiger charge is 2.32. The Hall–Kier alpha value is -0.880. The maximum absolute atomic E-state index is 5.57. The monoisotopic (exact) mass is 315 g/mol. The summed E-state index contributed by atoms with van der Waals surface area (Å²) >= 11 is 3.36. The van der Waals surface area contributed by atoms with Crippen LogP contribution in [0.2, 0.25) is 0 Å². The highest BCUT2D eigenvalue weighted by atomic mass is 79.9. The third-order valence-electron chi connectivity index (χ3n) is 3.33. The molecule has 1 aromatic rings. The Kier molecular flexibility index (Phi) is 4.07. The van der Waals surface area contributed by atoms with E-state index in [9.17, 15) is 0 Å². The van der Waals surface area contributed by atoms with Crippen LogP contribution in [0.3, 0.4) is 0 Å². The van der Waals surface area contributed by atoms with Gasteiger partial charge in [0, 0.05) is 20.2 Å². The summed E-state index contributed by atoms with van der Waals surface area (Å²) in [4.78, 5) is 10.9. The zero-order chi connectivity index (χ0) is 13.2. The molecule has 5 nitrogen and oxygen atoms in total. The van der Waals surface area contributed by atoms with Gasteiger partial charge in [-0.2, -0.15) is 4.98 Å². The molecule has 100 valence electrons. The lowest BCUT2D eigenvalue weighted by molar-refractivity contribution is -0.00501. The number of ether oxygens (including phenoxy) is 2. The van der Waals surface area contributed by atoms with Gasteiger partial charge in [0.15, 0.2) is 0 Å². The van der Waals surface area contributed by atoms with Gasteiger partial charge in [0.25, 0.3) is 0 Å². The largest absolute Gasteiger partial charge is 0.480 e. The molecule has 1 aliphatic heterocycles. The summed E-state index contributed by atoms with van der Waals surface area (Å²) in [5, 5.41) is 0. The number of hydrogen-bond acceptors (Lipinski definition) is 5. The molecule has 0 aromatic carbocycles. The van der Waals surface area contributed by atoms with E-state index < -0.39 is 0 Å². The summed E-state index contributed by atoms with van der Waals surface area (Å²) in [5.74, 6) is 1.25. The number of piperidine rings is 1. The van der Waals surface area contributed by atoms with E-state index in [0.29, 0.717) is 11.8 Å². The first-order chi connectivity index (χ1) is 8.58. The lowest BCUT2D eigenvalue weighted by Gasteiger charge is -2.39. The molecule has 0 spiro atoms. The van der Waals surface area contributed by atoms with Crippen molar-refractivity contribution in [1.29, 1.82) is 0 Å². The van der Waals surface area contributed by atoms with Gasteiger partial charge in [-0.25, -0.2) is 4.98 Å². The zero-order valence-electron chi connectivity index (χ0n) is 10.9. The minimum Gasteiger partial charge on any atom is -0.480 e. The molecular weight excluding hydrogens is 298 g/mol. The van der Waals surface area contributed by atoms with Gasteiger partial charge < -0.3 is 14.4 Å². The predicted molar refractivity (Wildman–Crippen MR) is 73.1 cm³/mol. The van der Waals surface area contributed by atoms with Gasteiger partial charge in [-0.1, -0.05) is 0 Å². The Morgan fingerprint density at radius 2 is 2.22 bits per heavy atom. The number of anilines is 1. The minimum atomic E-state index is -0.123. The molecule has 0 aliphatic carbocycles.